The fourth-order valence-corrected chi connectivity index (χ4v) is 1.92. The van der Waals surface area contributed by atoms with Crippen molar-refractivity contribution < 1.29 is 14.3 Å². The Labute approximate surface area is 113 Å². The highest BCUT2D eigenvalue weighted by Crippen LogP contribution is 2.32. The van der Waals surface area contributed by atoms with E-state index in [0.717, 1.165) is 12.8 Å². The van der Waals surface area contributed by atoms with Crippen LogP contribution in [0.5, 0.6) is 11.5 Å². The summed E-state index contributed by atoms with van der Waals surface area (Å²) < 4.78 is 11.1. The molecule has 3 N–H and O–H groups in total. The molecule has 0 unspecified atom stereocenters. The van der Waals surface area contributed by atoms with Crippen LogP contribution in [0.1, 0.15) is 26.2 Å². The van der Waals surface area contributed by atoms with Gasteiger partial charge in [0.15, 0.2) is 11.5 Å². The van der Waals surface area contributed by atoms with Crippen molar-refractivity contribution in [2.75, 3.05) is 18.5 Å². The van der Waals surface area contributed by atoms with E-state index in [-0.39, 0.29) is 5.91 Å². The summed E-state index contributed by atoms with van der Waals surface area (Å²) >= 11 is 0. The van der Waals surface area contributed by atoms with Crippen molar-refractivity contribution in [1.82, 2.24) is 0 Å². The lowest BCUT2D eigenvalue weighted by molar-refractivity contribution is -0.117. The first-order chi connectivity index (χ1) is 9.20. The first kappa shape index (κ1) is 13.7. The van der Waals surface area contributed by atoms with Crippen LogP contribution in [0, 0.1) is 0 Å². The minimum atomic E-state index is -0.471. The maximum Gasteiger partial charge on any atom is 0.241 e. The minimum absolute atomic E-state index is 0.170. The highest BCUT2D eigenvalue weighted by molar-refractivity contribution is 5.94. The quantitative estimate of drug-likeness (QED) is 0.871. The smallest absolute Gasteiger partial charge is 0.241 e. The number of amides is 1. The lowest BCUT2D eigenvalue weighted by Gasteiger charge is -2.13. The Kier molecular flexibility index (Phi) is 4.63. The molecule has 0 saturated carbocycles. The number of hydrogen-bond donors (Lipinski definition) is 2. The van der Waals surface area contributed by atoms with E-state index < -0.39 is 6.04 Å². The zero-order valence-electron chi connectivity index (χ0n) is 11.1. The van der Waals surface area contributed by atoms with Crippen molar-refractivity contribution in [1.29, 1.82) is 0 Å². The van der Waals surface area contributed by atoms with E-state index in [0.29, 0.717) is 36.8 Å². The number of ether oxygens (including phenoxy) is 2. The summed E-state index contributed by atoms with van der Waals surface area (Å²) in [5.41, 5.74) is 6.45. The van der Waals surface area contributed by atoms with E-state index in [1.807, 2.05) is 13.0 Å². The Morgan fingerprint density at radius 1 is 1.37 bits per heavy atom. The van der Waals surface area contributed by atoms with Crippen molar-refractivity contribution in [3.8, 4) is 11.5 Å². The number of carbonyl (C=O) groups is 1. The van der Waals surface area contributed by atoms with E-state index in [9.17, 15) is 4.79 Å². The van der Waals surface area contributed by atoms with Crippen LogP contribution in [0.15, 0.2) is 18.2 Å². The van der Waals surface area contributed by atoms with Crippen LogP contribution in [0.3, 0.4) is 0 Å². The number of rotatable bonds is 4. The topological polar surface area (TPSA) is 73.6 Å². The molecule has 5 heteroatoms. The molecular formula is C14H20N2O3. The van der Waals surface area contributed by atoms with E-state index in [1.165, 1.54) is 0 Å². The van der Waals surface area contributed by atoms with Crippen LogP contribution in [-0.2, 0) is 4.79 Å². The normalized spacial score (nSPS) is 15.5. The van der Waals surface area contributed by atoms with Crippen molar-refractivity contribution in [2.45, 2.75) is 32.2 Å². The maximum absolute atomic E-state index is 11.8. The Hall–Kier alpha value is -1.75. The number of hydrogen-bond acceptors (Lipinski definition) is 4. The molecule has 0 bridgehead atoms. The average molecular weight is 264 g/mol. The van der Waals surface area contributed by atoms with E-state index in [4.69, 9.17) is 15.2 Å². The van der Waals surface area contributed by atoms with Gasteiger partial charge >= 0.3 is 0 Å². The highest BCUT2D eigenvalue weighted by atomic mass is 16.5. The Bertz CT molecular complexity index is 448. The number of carbonyl (C=O) groups excluding carboxylic acids is 1. The van der Waals surface area contributed by atoms with Gasteiger partial charge in [-0.3, -0.25) is 4.79 Å². The Balaban J connectivity index is 2.05. The standard InChI is InChI=1S/C14H20N2O3/c1-2-4-11(15)14(17)16-10-5-6-12-13(9-10)19-8-3-7-18-12/h5-6,9,11H,2-4,7-8,15H2,1H3,(H,16,17)/t11-/m1/s1. The van der Waals surface area contributed by atoms with Gasteiger partial charge in [0.05, 0.1) is 19.3 Å². The zero-order chi connectivity index (χ0) is 13.7. The first-order valence-electron chi connectivity index (χ1n) is 6.67. The largest absolute Gasteiger partial charge is 0.490 e. The van der Waals surface area contributed by atoms with Gasteiger partial charge in [0.1, 0.15) is 0 Å². The molecular weight excluding hydrogens is 244 g/mol. The molecule has 104 valence electrons. The molecule has 1 amide bonds. The van der Waals surface area contributed by atoms with Gasteiger partial charge in [-0.25, -0.2) is 0 Å². The molecule has 0 aliphatic carbocycles. The number of nitrogens with one attached hydrogen (secondary N) is 1. The van der Waals surface area contributed by atoms with Crippen molar-refractivity contribution >= 4 is 11.6 Å². The molecule has 5 nitrogen and oxygen atoms in total. The SMILES string of the molecule is CCC[C@@H](N)C(=O)Nc1ccc2c(c1)OCCCO2. The summed E-state index contributed by atoms with van der Waals surface area (Å²) in [6.45, 7) is 3.28. The van der Waals surface area contributed by atoms with Gasteiger partial charge < -0.3 is 20.5 Å². The highest BCUT2D eigenvalue weighted by Gasteiger charge is 2.15. The third-order valence-corrected chi connectivity index (χ3v) is 2.95. The summed E-state index contributed by atoms with van der Waals surface area (Å²) in [7, 11) is 0. The Morgan fingerprint density at radius 2 is 2.11 bits per heavy atom. The van der Waals surface area contributed by atoms with Crippen molar-refractivity contribution in [2.24, 2.45) is 5.73 Å². The summed E-state index contributed by atoms with van der Waals surface area (Å²) in [4.78, 5) is 11.8. The zero-order valence-corrected chi connectivity index (χ0v) is 11.1. The molecule has 0 aromatic heterocycles. The van der Waals surface area contributed by atoms with Gasteiger partial charge in [-0.1, -0.05) is 13.3 Å². The summed E-state index contributed by atoms with van der Waals surface area (Å²) in [6, 6.07) is 4.91. The molecule has 1 aromatic carbocycles. The van der Waals surface area contributed by atoms with Crippen LogP contribution in [0.2, 0.25) is 0 Å². The predicted molar refractivity (Wildman–Crippen MR) is 73.6 cm³/mol. The van der Waals surface area contributed by atoms with Crippen LogP contribution < -0.4 is 20.5 Å². The van der Waals surface area contributed by atoms with E-state index in [1.54, 1.807) is 12.1 Å². The molecule has 0 saturated heterocycles. The predicted octanol–water partition coefficient (Wildman–Crippen LogP) is 1.91. The fourth-order valence-electron chi connectivity index (χ4n) is 1.92. The van der Waals surface area contributed by atoms with Crippen molar-refractivity contribution in [3.05, 3.63) is 18.2 Å². The summed E-state index contributed by atoms with van der Waals surface area (Å²) in [5.74, 6) is 1.21. The fraction of sp³-hybridized carbons (Fsp3) is 0.500. The second kappa shape index (κ2) is 6.43. The number of anilines is 1. The second-order valence-corrected chi connectivity index (χ2v) is 4.60. The third-order valence-electron chi connectivity index (χ3n) is 2.95. The molecule has 1 aromatic rings. The number of fused-ring (bicyclic) bond motifs is 1. The Morgan fingerprint density at radius 3 is 2.84 bits per heavy atom. The summed E-state index contributed by atoms with van der Waals surface area (Å²) in [6.07, 6.45) is 2.42. The molecule has 1 atom stereocenters. The molecule has 0 spiro atoms. The van der Waals surface area contributed by atoms with Crippen LogP contribution >= 0.6 is 0 Å². The first-order valence-corrected chi connectivity index (χ1v) is 6.67. The lowest BCUT2D eigenvalue weighted by Crippen LogP contribution is -2.35. The van der Waals surface area contributed by atoms with Gasteiger partial charge in [-0.15, -0.1) is 0 Å². The monoisotopic (exact) mass is 264 g/mol. The number of nitrogens with two attached hydrogens (primary N) is 1. The lowest BCUT2D eigenvalue weighted by atomic mass is 10.1. The van der Waals surface area contributed by atoms with Gasteiger partial charge in [0.25, 0.3) is 0 Å². The molecule has 1 aliphatic heterocycles. The molecule has 19 heavy (non-hydrogen) atoms. The molecule has 0 radical (unpaired) electrons. The van der Waals surface area contributed by atoms with Crippen LogP contribution in [0.4, 0.5) is 5.69 Å². The average Bonchev–Trinajstić information content (AvgIpc) is 2.63. The second-order valence-electron chi connectivity index (χ2n) is 4.60. The van der Waals surface area contributed by atoms with E-state index >= 15 is 0 Å². The van der Waals surface area contributed by atoms with Crippen LogP contribution in [-0.4, -0.2) is 25.2 Å². The molecule has 1 heterocycles. The van der Waals surface area contributed by atoms with Gasteiger partial charge in [-0.05, 0) is 18.6 Å². The van der Waals surface area contributed by atoms with Gasteiger partial charge in [0, 0.05) is 18.2 Å². The molecule has 0 fully saturated rings. The minimum Gasteiger partial charge on any atom is -0.490 e. The maximum atomic E-state index is 11.8. The van der Waals surface area contributed by atoms with Gasteiger partial charge in [0.2, 0.25) is 5.91 Å². The summed E-state index contributed by atoms with van der Waals surface area (Å²) in [5, 5.41) is 2.80. The molecule has 2 rings (SSSR count). The van der Waals surface area contributed by atoms with Crippen molar-refractivity contribution in [3.63, 3.8) is 0 Å². The number of benzene rings is 1. The van der Waals surface area contributed by atoms with Gasteiger partial charge in [-0.2, -0.15) is 0 Å². The van der Waals surface area contributed by atoms with Crippen LogP contribution in [0.25, 0.3) is 0 Å². The molecule has 1 aliphatic rings. The third kappa shape index (κ3) is 3.61. The van der Waals surface area contributed by atoms with E-state index in [2.05, 4.69) is 5.32 Å².